The summed E-state index contributed by atoms with van der Waals surface area (Å²) in [5, 5.41) is 3.43. The highest BCUT2D eigenvalue weighted by atomic mass is 19.1. The summed E-state index contributed by atoms with van der Waals surface area (Å²) in [5.74, 6) is 1.46. The van der Waals surface area contributed by atoms with Crippen LogP contribution in [0.1, 0.15) is 38.7 Å². The van der Waals surface area contributed by atoms with Crippen molar-refractivity contribution in [3.05, 3.63) is 29.6 Å². The monoisotopic (exact) mass is 265 g/mol. The lowest BCUT2D eigenvalue weighted by Crippen LogP contribution is -2.30. The van der Waals surface area contributed by atoms with Crippen molar-refractivity contribution in [2.24, 2.45) is 5.92 Å². The Balaban J connectivity index is 1.62. The second-order valence-electron chi connectivity index (χ2n) is 5.79. The fraction of sp³-hybridized carbons (Fsp3) is 0.625. The molecular formula is C16H24FNO. The van der Waals surface area contributed by atoms with E-state index in [2.05, 4.69) is 19.2 Å². The second kappa shape index (κ2) is 6.90. The lowest BCUT2D eigenvalue weighted by Gasteiger charge is -2.12. The van der Waals surface area contributed by atoms with Crippen molar-refractivity contribution in [2.75, 3.05) is 13.1 Å². The lowest BCUT2D eigenvalue weighted by molar-refractivity contribution is 0.227. The number of hydrogen-bond acceptors (Lipinski definition) is 2. The van der Waals surface area contributed by atoms with Crippen molar-refractivity contribution in [2.45, 2.75) is 45.6 Å². The number of halogens is 1. The molecular weight excluding hydrogens is 241 g/mol. The first-order valence-corrected chi connectivity index (χ1v) is 7.31. The highest BCUT2D eigenvalue weighted by Crippen LogP contribution is 2.28. The largest absolute Gasteiger partial charge is 0.488 e. The molecule has 0 aromatic heterocycles. The average Bonchev–Trinajstić information content (AvgIpc) is 2.75. The summed E-state index contributed by atoms with van der Waals surface area (Å²) in [6.07, 6.45) is 4.76. The molecule has 1 aromatic carbocycles. The van der Waals surface area contributed by atoms with E-state index < -0.39 is 0 Å². The van der Waals surface area contributed by atoms with Crippen LogP contribution in [0.25, 0.3) is 0 Å². The van der Waals surface area contributed by atoms with Gasteiger partial charge in [-0.15, -0.1) is 0 Å². The summed E-state index contributed by atoms with van der Waals surface area (Å²) >= 11 is 0. The fourth-order valence-electron chi connectivity index (χ4n) is 2.47. The Labute approximate surface area is 115 Å². The van der Waals surface area contributed by atoms with Crippen molar-refractivity contribution in [1.82, 2.24) is 5.32 Å². The van der Waals surface area contributed by atoms with E-state index in [1.165, 1.54) is 25.3 Å². The predicted molar refractivity (Wildman–Crippen MR) is 76.1 cm³/mol. The van der Waals surface area contributed by atoms with Crippen LogP contribution < -0.4 is 10.1 Å². The van der Waals surface area contributed by atoms with Gasteiger partial charge in [-0.1, -0.05) is 26.7 Å². The minimum absolute atomic E-state index is 0.155. The summed E-state index contributed by atoms with van der Waals surface area (Å²) in [7, 11) is 0. The Kier molecular flexibility index (Phi) is 5.20. The smallest absolute Gasteiger partial charge is 0.123 e. The highest BCUT2D eigenvalue weighted by Gasteiger charge is 2.22. The zero-order valence-corrected chi connectivity index (χ0v) is 11.9. The SMILES string of the molecule is CC(C)CCCCNCC1Cc2cc(F)ccc2O1. The molecule has 0 amide bonds. The van der Waals surface area contributed by atoms with E-state index in [-0.39, 0.29) is 11.9 Å². The van der Waals surface area contributed by atoms with E-state index >= 15 is 0 Å². The summed E-state index contributed by atoms with van der Waals surface area (Å²) in [5.41, 5.74) is 0.992. The number of rotatable bonds is 7. The molecule has 0 aliphatic carbocycles. The van der Waals surface area contributed by atoms with Gasteiger partial charge in [-0.3, -0.25) is 0 Å². The third kappa shape index (κ3) is 4.50. The fourth-order valence-corrected chi connectivity index (χ4v) is 2.47. The van der Waals surface area contributed by atoms with Gasteiger partial charge in [0.25, 0.3) is 0 Å². The van der Waals surface area contributed by atoms with Crippen LogP contribution in [0.3, 0.4) is 0 Å². The third-order valence-corrected chi connectivity index (χ3v) is 3.52. The Bertz CT molecular complexity index is 406. The van der Waals surface area contributed by atoms with Gasteiger partial charge in [0.1, 0.15) is 17.7 Å². The minimum Gasteiger partial charge on any atom is -0.488 e. The molecule has 0 fully saturated rings. The van der Waals surface area contributed by atoms with Gasteiger partial charge in [-0.05, 0) is 37.1 Å². The normalized spacial score (nSPS) is 17.6. The van der Waals surface area contributed by atoms with E-state index in [4.69, 9.17) is 4.74 Å². The van der Waals surface area contributed by atoms with E-state index in [0.717, 1.165) is 36.7 Å². The molecule has 2 rings (SSSR count). The van der Waals surface area contributed by atoms with Crippen molar-refractivity contribution in [3.8, 4) is 5.75 Å². The minimum atomic E-state index is -0.176. The molecule has 1 N–H and O–H groups in total. The van der Waals surface area contributed by atoms with Gasteiger partial charge in [0.15, 0.2) is 0 Å². The van der Waals surface area contributed by atoms with Gasteiger partial charge in [0, 0.05) is 18.5 Å². The molecule has 0 saturated carbocycles. The number of hydrogen-bond donors (Lipinski definition) is 1. The van der Waals surface area contributed by atoms with Crippen molar-refractivity contribution < 1.29 is 9.13 Å². The number of unbranched alkanes of at least 4 members (excludes halogenated alkanes) is 1. The van der Waals surface area contributed by atoms with Gasteiger partial charge in [-0.2, -0.15) is 0 Å². The Morgan fingerprint density at radius 2 is 2.21 bits per heavy atom. The Morgan fingerprint density at radius 3 is 3.00 bits per heavy atom. The van der Waals surface area contributed by atoms with Crippen molar-refractivity contribution >= 4 is 0 Å². The summed E-state index contributed by atoms with van der Waals surface area (Å²) in [6, 6.07) is 4.77. The van der Waals surface area contributed by atoms with Crippen LogP contribution in [0.5, 0.6) is 5.75 Å². The Morgan fingerprint density at radius 1 is 1.37 bits per heavy atom. The zero-order valence-electron chi connectivity index (χ0n) is 11.9. The molecule has 106 valence electrons. The van der Waals surface area contributed by atoms with Crippen LogP contribution in [0, 0.1) is 11.7 Å². The molecule has 1 heterocycles. The zero-order chi connectivity index (χ0) is 13.7. The molecule has 1 unspecified atom stereocenters. The second-order valence-corrected chi connectivity index (χ2v) is 5.79. The molecule has 1 aromatic rings. The topological polar surface area (TPSA) is 21.3 Å². The Hall–Kier alpha value is -1.09. The number of nitrogens with one attached hydrogen (secondary N) is 1. The van der Waals surface area contributed by atoms with E-state index in [9.17, 15) is 4.39 Å². The number of fused-ring (bicyclic) bond motifs is 1. The molecule has 0 radical (unpaired) electrons. The van der Waals surface area contributed by atoms with E-state index in [1.807, 2.05) is 0 Å². The van der Waals surface area contributed by atoms with Crippen LogP contribution in [0.4, 0.5) is 4.39 Å². The quantitative estimate of drug-likeness (QED) is 0.761. The van der Waals surface area contributed by atoms with Crippen LogP contribution in [-0.2, 0) is 6.42 Å². The van der Waals surface area contributed by atoms with Crippen LogP contribution >= 0.6 is 0 Å². The maximum atomic E-state index is 13.1. The first kappa shape index (κ1) is 14.3. The van der Waals surface area contributed by atoms with Crippen LogP contribution in [-0.4, -0.2) is 19.2 Å². The van der Waals surface area contributed by atoms with Crippen molar-refractivity contribution in [1.29, 1.82) is 0 Å². The molecule has 0 spiro atoms. The molecule has 2 nitrogen and oxygen atoms in total. The maximum Gasteiger partial charge on any atom is 0.123 e. The van der Waals surface area contributed by atoms with Crippen LogP contribution in [0.2, 0.25) is 0 Å². The molecule has 1 aliphatic heterocycles. The van der Waals surface area contributed by atoms with E-state index in [0.29, 0.717) is 0 Å². The maximum absolute atomic E-state index is 13.1. The number of benzene rings is 1. The molecule has 0 bridgehead atoms. The molecule has 1 aliphatic rings. The molecule has 1 atom stereocenters. The highest BCUT2D eigenvalue weighted by molar-refractivity contribution is 5.37. The first-order valence-electron chi connectivity index (χ1n) is 7.31. The summed E-state index contributed by atoms with van der Waals surface area (Å²) in [4.78, 5) is 0. The lowest BCUT2D eigenvalue weighted by atomic mass is 10.1. The molecule has 0 saturated heterocycles. The van der Waals surface area contributed by atoms with Gasteiger partial charge in [0.2, 0.25) is 0 Å². The first-order chi connectivity index (χ1) is 9.15. The van der Waals surface area contributed by atoms with Gasteiger partial charge in [0.05, 0.1) is 0 Å². The number of ether oxygens (including phenoxy) is 1. The van der Waals surface area contributed by atoms with Gasteiger partial charge < -0.3 is 10.1 Å². The van der Waals surface area contributed by atoms with Gasteiger partial charge >= 0.3 is 0 Å². The molecule has 19 heavy (non-hydrogen) atoms. The summed E-state index contributed by atoms with van der Waals surface area (Å²) < 4.78 is 18.9. The third-order valence-electron chi connectivity index (χ3n) is 3.52. The average molecular weight is 265 g/mol. The van der Waals surface area contributed by atoms with E-state index in [1.54, 1.807) is 12.1 Å². The van der Waals surface area contributed by atoms with Crippen molar-refractivity contribution in [3.63, 3.8) is 0 Å². The molecule has 3 heteroatoms. The summed E-state index contributed by atoms with van der Waals surface area (Å²) in [6.45, 7) is 6.40. The standard InChI is InChI=1S/C16H24FNO/c1-12(2)5-3-4-8-18-11-15-10-13-9-14(17)6-7-16(13)19-15/h6-7,9,12,15,18H,3-5,8,10-11H2,1-2H3. The predicted octanol–water partition coefficient (Wildman–Crippen LogP) is 3.55. The van der Waals surface area contributed by atoms with Gasteiger partial charge in [-0.25, -0.2) is 4.39 Å². The van der Waals surface area contributed by atoms with Crippen LogP contribution in [0.15, 0.2) is 18.2 Å².